The molecule has 0 aliphatic rings. The Morgan fingerprint density at radius 2 is 1.73 bits per heavy atom. The van der Waals surface area contributed by atoms with E-state index >= 15 is 0 Å². The molecule has 0 saturated heterocycles. The quantitative estimate of drug-likeness (QED) is 0.167. The summed E-state index contributed by atoms with van der Waals surface area (Å²) in [7, 11) is 0. The van der Waals surface area contributed by atoms with Gasteiger partial charge in [-0.05, 0) is 29.8 Å². The van der Waals surface area contributed by atoms with Crippen LogP contribution in [0.2, 0.25) is 10.0 Å². The lowest BCUT2D eigenvalue weighted by atomic mass is 10.0. The number of nitro groups is 1. The zero-order valence-electron chi connectivity index (χ0n) is 16.2. The fourth-order valence-corrected chi connectivity index (χ4v) is 3.51. The van der Waals surface area contributed by atoms with Crippen LogP contribution in [0, 0.1) is 10.1 Å². The lowest BCUT2D eigenvalue weighted by molar-refractivity contribution is -0.385. The van der Waals surface area contributed by atoms with Crippen molar-refractivity contribution in [3.63, 3.8) is 0 Å². The second kappa shape index (κ2) is 10.6. The van der Waals surface area contributed by atoms with Crippen LogP contribution in [0.25, 0.3) is 0 Å². The molecule has 0 aliphatic heterocycles. The number of carboxylic acid groups (broad SMARTS) is 1. The second-order valence-corrected chi connectivity index (χ2v) is 8.05. The molecule has 0 amide bonds. The van der Waals surface area contributed by atoms with E-state index in [0.29, 0.717) is 12.1 Å². The van der Waals surface area contributed by atoms with Gasteiger partial charge in [0.15, 0.2) is 0 Å². The lowest BCUT2D eigenvalue weighted by Gasteiger charge is -2.16. The number of carboxylic acids is 1. The van der Waals surface area contributed by atoms with Crippen molar-refractivity contribution in [2.75, 3.05) is 0 Å². The van der Waals surface area contributed by atoms with Crippen molar-refractivity contribution >= 4 is 52.4 Å². The fraction of sp³-hybridized carbons (Fsp3) is 0.263. The first-order chi connectivity index (χ1) is 15.2. The summed E-state index contributed by atoms with van der Waals surface area (Å²) < 4.78 is 43.6. The van der Waals surface area contributed by atoms with E-state index in [4.69, 9.17) is 50.4 Å². The number of carbonyl (C=O) groups is 2. The summed E-state index contributed by atoms with van der Waals surface area (Å²) in [5, 5.41) is 17.9. The molecule has 0 spiro atoms. The van der Waals surface area contributed by atoms with Crippen LogP contribution in [0.3, 0.4) is 0 Å². The smallest absolute Gasteiger partial charge is 0.416 e. The SMILES string of the molecule is N[C@@H](Cc1c(Cl)cc(C(F)(F)F)cc1Cl)C(=O)Oc1ccc([N+](=O)[O-])c(CC(Cl)C(=O)O)c1. The average molecular weight is 530 g/mol. The van der Waals surface area contributed by atoms with Crippen molar-refractivity contribution in [1.82, 2.24) is 0 Å². The third-order valence-corrected chi connectivity index (χ3v) is 5.34. The molecule has 2 atom stereocenters. The van der Waals surface area contributed by atoms with Crippen LogP contribution < -0.4 is 10.5 Å². The van der Waals surface area contributed by atoms with E-state index in [-0.39, 0.29) is 33.3 Å². The van der Waals surface area contributed by atoms with Gasteiger partial charge in [-0.1, -0.05) is 23.2 Å². The highest BCUT2D eigenvalue weighted by atomic mass is 35.5. The number of hydrogen-bond donors (Lipinski definition) is 2. The maximum absolute atomic E-state index is 12.8. The van der Waals surface area contributed by atoms with Gasteiger partial charge >= 0.3 is 18.1 Å². The molecule has 0 fully saturated rings. The minimum absolute atomic E-state index is 0.00777. The molecule has 0 aromatic heterocycles. The normalized spacial score (nSPS) is 13.3. The maximum Gasteiger partial charge on any atom is 0.416 e. The van der Waals surface area contributed by atoms with Gasteiger partial charge in [-0.3, -0.25) is 14.9 Å². The minimum atomic E-state index is -4.68. The van der Waals surface area contributed by atoms with Gasteiger partial charge < -0.3 is 15.6 Å². The summed E-state index contributed by atoms with van der Waals surface area (Å²) >= 11 is 17.4. The van der Waals surface area contributed by atoms with Crippen molar-refractivity contribution < 1.29 is 37.5 Å². The van der Waals surface area contributed by atoms with Crippen LogP contribution in [0.5, 0.6) is 5.75 Å². The summed E-state index contributed by atoms with van der Waals surface area (Å²) in [4.78, 5) is 33.7. The number of aliphatic carboxylic acids is 1. The molecule has 14 heteroatoms. The van der Waals surface area contributed by atoms with Gasteiger partial charge in [0.05, 0.1) is 10.5 Å². The van der Waals surface area contributed by atoms with E-state index in [1.54, 1.807) is 0 Å². The van der Waals surface area contributed by atoms with Crippen LogP contribution in [0.4, 0.5) is 18.9 Å². The summed E-state index contributed by atoms with van der Waals surface area (Å²) in [5.41, 5.74) is 4.15. The molecule has 0 bridgehead atoms. The maximum atomic E-state index is 12.8. The van der Waals surface area contributed by atoms with Gasteiger partial charge in [0.2, 0.25) is 0 Å². The topological polar surface area (TPSA) is 133 Å². The van der Waals surface area contributed by atoms with E-state index in [1.807, 2.05) is 0 Å². The molecule has 3 N–H and O–H groups in total. The van der Waals surface area contributed by atoms with E-state index in [2.05, 4.69) is 0 Å². The van der Waals surface area contributed by atoms with Crippen LogP contribution in [0.1, 0.15) is 16.7 Å². The van der Waals surface area contributed by atoms with E-state index in [1.165, 1.54) is 0 Å². The van der Waals surface area contributed by atoms with Crippen LogP contribution in [-0.2, 0) is 28.6 Å². The molecule has 0 saturated carbocycles. The standard InChI is InChI=1S/C19H14Cl3F3N2O6/c20-12-5-9(19(23,24)25)6-13(21)11(12)7-15(26)18(30)33-10-1-2-16(27(31)32)8(3-10)4-14(22)17(28)29/h1-3,5-6,14-15H,4,7,26H2,(H,28,29)/t14?,15-/m0/s1. The Hall–Kier alpha value is -2.60. The largest absolute Gasteiger partial charge is 0.480 e. The molecule has 1 unspecified atom stereocenters. The van der Waals surface area contributed by atoms with Gasteiger partial charge in [-0.15, -0.1) is 11.6 Å². The Kier molecular flexibility index (Phi) is 8.52. The molecule has 2 aromatic carbocycles. The molecule has 33 heavy (non-hydrogen) atoms. The first-order valence-corrected chi connectivity index (χ1v) is 10.1. The van der Waals surface area contributed by atoms with Crippen molar-refractivity contribution in [2.24, 2.45) is 5.73 Å². The molecule has 2 aromatic rings. The molecule has 2 rings (SSSR count). The van der Waals surface area contributed by atoms with Gasteiger partial charge in [0, 0.05) is 34.5 Å². The molecule has 178 valence electrons. The summed E-state index contributed by atoms with van der Waals surface area (Å²) in [6, 6.07) is 3.05. The Bertz CT molecular complexity index is 1070. The number of nitrogens with two attached hydrogens (primary N) is 1. The number of esters is 1. The highest BCUT2D eigenvalue weighted by Gasteiger charge is 2.32. The van der Waals surface area contributed by atoms with Crippen molar-refractivity contribution in [3.05, 3.63) is 67.2 Å². The Morgan fingerprint density at radius 1 is 1.15 bits per heavy atom. The van der Waals surface area contributed by atoms with Crippen molar-refractivity contribution in [2.45, 2.75) is 30.4 Å². The second-order valence-electron chi connectivity index (χ2n) is 6.71. The molecular weight excluding hydrogens is 516 g/mol. The first-order valence-electron chi connectivity index (χ1n) is 8.87. The number of alkyl halides is 4. The molecule has 0 heterocycles. The Balaban J connectivity index is 2.21. The minimum Gasteiger partial charge on any atom is -0.480 e. The van der Waals surface area contributed by atoms with Gasteiger partial charge in [0.25, 0.3) is 5.69 Å². The number of carbonyl (C=O) groups excluding carboxylic acids is 1. The third-order valence-electron chi connectivity index (χ3n) is 4.33. The zero-order chi connectivity index (χ0) is 25.1. The third kappa shape index (κ3) is 6.94. The van der Waals surface area contributed by atoms with E-state index < -0.39 is 52.1 Å². The Labute approximate surface area is 199 Å². The molecular formula is C19H14Cl3F3N2O6. The van der Waals surface area contributed by atoms with Gasteiger partial charge in [0.1, 0.15) is 17.2 Å². The summed E-state index contributed by atoms with van der Waals surface area (Å²) in [5.74, 6) is -2.63. The van der Waals surface area contributed by atoms with E-state index in [9.17, 15) is 32.9 Å². The number of halogens is 6. The lowest BCUT2D eigenvalue weighted by Crippen LogP contribution is -2.36. The van der Waals surface area contributed by atoms with Gasteiger partial charge in [-0.25, -0.2) is 4.79 Å². The van der Waals surface area contributed by atoms with E-state index in [0.717, 1.165) is 18.2 Å². The van der Waals surface area contributed by atoms with Crippen LogP contribution >= 0.6 is 34.8 Å². The van der Waals surface area contributed by atoms with Crippen LogP contribution in [0.15, 0.2) is 30.3 Å². The average Bonchev–Trinajstić information content (AvgIpc) is 2.69. The monoisotopic (exact) mass is 528 g/mol. The first kappa shape index (κ1) is 26.7. The summed E-state index contributed by atoms with van der Waals surface area (Å²) in [6.07, 6.45) is -5.47. The van der Waals surface area contributed by atoms with Gasteiger partial charge in [-0.2, -0.15) is 13.2 Å². The number of hydrogen-bond acceptors (Lipinski definition) is 6. The predicted octanol–water partition coefficient (Wildman–Crippen LogP) is 4.63. The highest BCUT2D eigenvalue weighted by Crippen LogP contribution is 2.36. The van der Waals surface area contributed by atoms with Crippen molar-refractivity contribution in [1.29, 1.82) is 0 Å². The molecule has 8 nitrogen and oxygen atoms in total. The number of ether oxygens (including phenoxy) is 1. The van der Waals surface area contributed by atoms with Crippen molar-refractivity contribution in [3.8, 4) is 5.75 Å². The summed E-state index contributed by atoms with van der Waals surface area (Å²) in [6.45, 7) is 0. The Morgan fingerprint density at radius 3 is 2.21 bits per heavy atom. The predicted molar refractivity (Wildman–Crippen MR) is 113 cm³/mol. The fourth-order valence-electron chi connectivity index (χ4n) is 2.70. The number of nitro benzene ring substituents is 1. The number of benzene rings is 2. The highest BCUT2D eigenvalue weighted by molar-refractivity contribution is 6.36. The number of nitrogens with zero attached hydrogens (tertiary/aromatic N) is 1. The molecule has 0 aliphatic carbocycles. The van der Waals surface area contributed by atoms with Crippen LogP contribution in [-0.4, -0.2) is 33.4 Å². The zero-order valence-corrected chi connectivity index (χ0v) is 18.5. The number of rotatable bonds is 8. The molecule has 0 radical (unpaired) electrons.